The predicted molar refractivity (Wildman–Crippen MR) is 56.3 cm³/mol. The maximum Gasteiger partial charge on any atom is 2.00 e. The molecule has 0 aliphatic heterocycles. The van der Waals surface area contributed by atoms with Crippen molar-refractivity contribution in [2.75, 3.05) is 13.6 Å². The van der Waals surface area contributed by atoms with E-state index in [1.165, 1.54) is 0 Å². The van der Waals surface area contributed by atoms with Crippen LogP contribution in [0, 0.1) is 45.0 Å². The SMILES string of the molecule is [CH2-]C([CH2-])NCCC(NC)C(O)CC.[U+2]. The van der Waals surface area contributed by atoms with Gasteiger partial charge < -0.3 is 29.6 Å². The molecular formula is C10H22N2OU. The number of hydrogen-bond acceptors (Lipinski definition) is 3. The van der Waals surface area contributed by atoms with E-state index in [0.29, 0.717) is 0 Å². The van der Waals surface area contributed by atoms with E-state index in [-0.39, 0.29) is 49.3 Å². The van der Waals surface area contributed by atoms with Crippen LogP contribution in [0.15, 0.2) is 0 Å². The molecular weight excluding hydrogens is 402 g/mol. The number of aliphatic hydroxyl groups is 1. The topological polar surface area (TPSA) is 44.3 Å². The van der Waals surface area contributed by atoms with Crippen LogP contribution in [0.1, 0.15) is 19.8 Å². The Balaban J connectivity index is 0. The molecule has 0 fully saturated rings. The summed E-state index contributed by atoms with van der Waals surface area (Å²) in [4.78, 5) is 0. The Bertz CT molecular complexity index is 123. The molecule has 0 bridgehead atoms. The second kappa shape index (κ2) is 10.4. The number of hydrogen-bond donors (Lipinski definition) is 3. The first-order chi connectivity index (χ1) is 6.11. The molecule has 0 amide bonds. The molecule has 0 aromatic heterocycles. The molecule has 0 radical (unpaired) electrons. The van der Waals surface area contributed by atoms with Gasteiger partial charge in [0.25, 0.3) is 0 Å². The van der Waals surface area contributed by atoms with Gasteiger partial charge in [-0.3, -0.25) is 6.04 Å². The first-order valence-electron chi connectivity index (χ1n) is 4.86. The maximum absolute atomic E-state index is 9.56. The molecule has 0 aliphatic carbocycles. The van der Waals surface area contributed by atoms with Crippen molar-refractivity contribution in [3.63, 3.8) is 0 Å². The van der Waals surface area contributed by atoms with E-state index >= 15 is 0 Å². The van der Waals surface area contributed by atoms with E-state index in [0.717, 1.165) is 19.4 Å². The molecule has 3 N–H and O–H groups in total. The van der Waals surface area contributed by atoms with E-state index in [1.54, 1.807) is 0 Å². The van der Waals surface area contributed by atoms with Crippen LogP contribution in [0.2, 0.25) is 0 Å². The predicted octanol–water partition coefficient (Wildman–Crippen LogP) is 0.362. The minimum atomic E-state index is -0.264. The van der Waals surface area contributed by atoms with Crippen molar-refractivity contribution in [1.29, 1.82) is 0 Å². The van der Waals surface area contributed by atoms with Crippen molar-refractivity contribution >= 4 is 0 Å². The molecule has 14 heavy (non-hydrogen) atoms. The first kappa shape index (κ1) is 17.3. The molecule has 0 saturated heterocycles. The van der Waals surface area contributed by atoms with E-state index < -0.39 is 0 Å². The fourth-order valence-electron chi connectivity index (χ4n) is 1.26. The molecule has 0 aromatic rings. The molecule has 3 nitrogen and oxygen atoms in total. The second-order valence-corrected chi connectivity index (χ2v) is 3.31. The molecule has 0 heterocycles. The van der Waals surface area contributed by atoms with Gasteiger partial charge in [-0.25, -0.2) is 0 Å². The Labute approximate surface area is 112 Å². The molecule has 0 aliphatic rings. The van der Waals surface area contributed by atoms with Gasteiger partial charge in [-0.05, 0) is 26.4 Å². The van der Waals surface area contributed by atoms with Gasteiger partial charge in [-0.15, -0.1) is 0 Å². The van der Waals surface area contributed by atoms with Crippen LogP contribution in [0.4, 0.5) is 0 Å². The van der Waals surface area contributed by atoms with Crippen LogP contribution < -0.4 is 10.6 Å². The second-order valence-electron chi connectivity index (χ2n) is 3.31. The van der Waals surface area contributed by atoms with E-state index in [1.807, 2.05) is 14.0 Å². The molecule has 2 atom stereocenters. The third-order valence-corrected chi connectivity index (χ3v) is 2.14. The van der Waals surface area contributed by atoms with Crippen molar-refractivity contribution in [1.82, 2.24) is 10.6 Å². The standard InChI is InChI=1S/C10H22N2O.U/c1-5-10(13)9(11-4)6-7-12-8(2)3;/h8-13H,2-3,5-7H2,1,4H3;/q-2;+2. The summed E-state index contributed by atoms with van der Waals surface area (Å²) in [5.41, 5.74) is 0. The zero-order valence-corrected chi connectivity index (χ0v) is 13.4. The molecule has 0 saturated carbocycles. The summed E-state index contributed by atoms with van der Waals surface area (Å²) in [5, 5.41) is 15.8. The van der Waals surface area contributed by atoms with Crippen molar-refractivity contribution in [3.8, 4) is 0 Å². The molecule has 0 rings (SSSR count). The number of rotatable bonds is 7. The minimum absolute atomic E-state index is 0. The fraction of sp³-hybridized carbons (Fsp3) is 0.800. The third-order valence-electron chi connectivity index (χ3n) is 2.14. The smallest absolute Gasteiger partial charge is 0.392 e. The first-order valence-corrected chi connectivity index (χ1v) is 4.86. The van der Waals surface area contributed by atoms with Crippen LogP contribution in [-0.4, -0.2) is 36.9 Å². The van der Waals surface area contributed by atoms with Gasteiger partial charge >= 0.3 is 31.1 Å². The quantitative estimate of drug-likeness (QED) is 0.518. The normalized spacial score (nSPS) is 15.0. The Morgan fingerprint density at radius 1 is 1.36 bits per heavy atom. The summed E-state index contributed by atoms with van der Waals surface area (Å²) in [6.45, 7) is 10.3. The van der Waals surface area contributed by atoms with Crippen molar-refractivity contribution in [3.05, 3.63) is 13.8 Å². The Hall–Kier alpha value is 0.932. The maximum atomic E-state index is 9.56. The summed E-state index contributed by atoms with van der Waals surface area (Å²) < 4.78 is 0. The largest absolute Gasteiger partial charge is 2.00 e. The van der Waals surface area contributed by atoms with Crippen molar-refractivity contribution in [2.24, 2.45) is 0 Å². The fourth-order valence-corrected chi connectivity index (χ4v) is 1.26. The zero-order valence-electron chi connectivity index (χ0n) is 9.21. The van der Waals surface area contributed by atoms with E-state index in [9.17, 15) is 5.11 Å². The van der Waals surface area contributed by atoms with Gasteiger partial charge in [0.2, 0.25) is 0 Å². The van der Waals surface area contributed by atoms with Crippen molar-refractivity contribution < 1.29 is 36.2 Å². The molecule has 0 spiro atoms. The average molecular weight is 424 g/mol. The van der Waals surface area contributed by atoms with Gasteiger partial charge in [0.05, 0.1) is 6.10 Å². The van der Waals surface area contributed by atoms with Gasteiger partial charge in [0.15, 0.2) is 0 Å². The molecule has 2 unspecified atom stereocenters. The van der Waals surface area contributed by atoms with Gasteiger partial charge in [-0.2, -0.15) is 0 Å². The van der Waals surface area contributed by atoms with Crippen LogP contribution in [0.25, 0.3) is 0 Å². The number of nitrogens with one attached hydrogen (secondary N) is 2. The van der Waals surface area contributed by atoms with Crippen LogP contribution in [0.3, 0.4) is 0 Å². The Morgan fingerprint density at radius 2 is 1.93 bits per heavy atom. The minimum Gasteiger partial charge on any atom is -0.392 e. The van der Waals surface area contributed by atoms with Crippen LogP contribution in [0.5, 0.6) is 0 Å². The van der Waals surface area contributed by atoms with Gasteiger partial charge in [0, 0.05) is 6.04 Å². The molecule has 82 valence electrons. The van der Waals surface area contributed by atoms with Crippen molar-refractivity contribution in [2.45, 2.75) is 38.0 Å². The Kier molecular flexibility index (Phi) is 12.9. The van der Waals surface area contributed by atoms with Crippen LogP contribution >= 0.6 is 0 Å². The molecule has 4 heteroatoms. The summed E-state index contributed by atoms with van der Waals surface area (Å²) in [6, 6.07) is 0.188. The van der Waals surface area contributed by atoms with E-state index in [4.69, 9.17) is 0 Å². The van der Waals surface area contributed by atoms with Gasteiger partial charge in [0.1, 0.15) is 0 Å². The Morgan fingerprint density at radius 3 is 2.29 bits per heavy atom. The zero-order chi connectivity index (χ0) is 10.3. The van der Waals surface area contributed by atoms with E-state index in [2.05, 4.69) is 24.5 Å². The third kappa shape index (κ3) is 8.26. The number of likely N-dealkylation sites (N-methyl/N-ethyl adjacent to an activating group) is 1. The summed E-state index contributed by atoms with van der Waals surface area (Å²) in [7, 11) is 1.87. The monoisotopic (exact) mass is 424 g/mol. The summed E-state index contributed by atoms with van der Waals surface area (Å²) in [5.74, 6) is 0. The summed E-state index contributed by atoms with van der Waals surface area (Å²) >= 11 is 0. The van der Waals surface area contributed by atoms with Crippen LogP contribution in [-0.2, 0) is 0 Å². The average Bonchev–Trinajstić information content (AvgIpc) is 2.11. The van der Waals surface area contributed by atoms with Gasteiger partial charge in [-0.1, -0.05) is 6.92 Å². The molecule has 0 aromatic carbocycles. The number of aliphatic hydroxyl groups excluding tert-OH is 1. The summed E-state index contributed by atoms with van der Waals surface area (Å²) in [6.07, 6.45) is 1.41.